The summed E-state index contributed by atoms with van der Waals surface area (Å²) < 4.78 is 0. The summed E-state index contributed by atoms with van der Waals surface area (Å²) in [6, 6.07) is 6.83. The zero-order chi connectivity index (χ0) is 17.8. The number of aromatic nitrogens is 1. The van der Waals surface area contributed by atoms with Crippen molar-refractivity contribution in [2.24, 2.45) is 17.8 Å². The van der Waals surface area contributed by atoms with Gasteiger partial charge in [-0.15, -0.1) is 11.8 Å². The van der Waals surface area contributed by atoms with Crippen LogP contribution in [0.15, 0.2) is 40.2 Å². The van der Waals surface area contributed by atoms with E-state index in [0.29, 0.717) is 22.6 Å². The Balaban J connectivity index is 1.56. The van der Waals surface area contributed by atoms with E-state index < -0.39 is 0 Å². The fourth-order valence-corrected chi connectivity index (χ4v) is 7.98. The third-order valence-electron chi connectivity index (χ3n) is 6.13. The number of nitro groups is 1. The van der Waals surface area contributed by atoms with Crippen LogP contribution < -0.4 is 4.87 Å². The zero-order valence-corrected chi connectivity index (χ0v) is 15.6. The Bertz CT molecular complexity index is 964. The monoisotopic (exact) mass is 386 g/mol. The molecule has 2 aliphatic carbocycles. The number of nitrogens with zero attached hydrogens (tertiary/aromatic N) is 1. The third kappa shape index (κ3) is 2.48. The van der Waals surface area contributed by atoms with Gasteiger partial charge in [0.1, 0.15) is 0 Å². The fourth-order valence-electron chi connectivity index (χ4n) is 5.12. The average Bonchev–Trinajstić information content (AvgIpc) is 3.32. The number of rotatable bonds is 3. The standard InChI is InChI=1S/C19H18N2O3S2/c22-19-20-18-17(26-19)13(15-11-5-6-12(9-11)16(15)25-18)8-7-10-3-1-2-4-14(10)21(23)24/h1-4,7-8,11-13,15-16H,5-6,9H2,(H,20,22)/b8-7-/t11-,12-,13-,15-,16+/m0/s1. The van der Waals surface area contributed by atoms with E-state index in [-0.39, 0.29) is 21.4 Å². The van der Waals surface area contributed by atoms with Crippen LogP contribution in [0.2, 0.25) is 0 Å². The lowest BCUT2D eigenvalue weighted by molar-refractivity contribution is -0.385. The summed E-state index contributed by atoms with van der Waals surface area (Å²) in [4.78, 5) is 27.0. The summed E-state index contributed by atoms with van der Waals surface area (Å²) in [5.74, 6) is 2.17. The summed E-state index contributed by atoms with van der Waals surface area (Å²) in [6.07, 6.45) is 7.86. The molecular weight excluding hydrogens is 368 g/mol. The number of H-pyrrole nitrogens is 1. The van der Waals surface area contributed by atoms with Gasteiger partial charge in [0.15, 0.2) is 0 Å². The summed E-state index contributed by atoms with van der Waals surface area (Å²) in [5, 5.41) is 12.9. The van der Waals surface area contributed by atoms with Gasteiger partial charge in [0, 0.05) is 22.1 Å². The van der Waals surface area contributed by atoms with Gasteiger partial charge in [0.05, 0.1) is 15.5 Å². The molecule has 1 aromatic carbocycles. The number of para-hydroxylation sites is 1. The van der Waals surface area contributed by atoms with E-state index >= 15 is 0 Å². The number of thiazole rings is 1. The van der Waals surface area contributed by atoms with Crippen LogP contribution in [0.4, 0.5) is 5.69 Å². The normalized spacial score (nSPS) is 31.9. The summed E-state index contributed by atoms with van der Waals surface area (Å²) in [7, 11) is 0. The maximum atomic E-state index is 12.0. The largest absolute Gasteiger partial charge is 0.307 e. The van der Waals surface area contributed by atoms with Gasteiger partial charge in [-0.05, 0) is 43.1 Å². The van der Waals surface area contributed by atoms with Crippen LogP contribution in [0.1, 0.15) is 35.6 Å². The fraction of sp³-hybridized carbons (Fsp3) is 0.421. The summed E-state index contributed by atoms with van der Waals surface area (Å²) in [5.41, 5.74) is 0.751. The number of nitro benzene ring substituents is 1. The topological polar surface area (TPSA) is 76.0 Å². The van der Waals surface area contributed by atoms with Crippen LogP contribution in [-0.2, 0) is 0 Å². The number of fused-ring (bicyclic) bond motifs is 6. The molecule has 5 nitrogen and oxygen atoms in total. The molecule has 0 spiro atoms. The molecular formula is C19H18N2O3S2. The van der Waals surface area contributed by atoms with Gasteiger partial charge in [-0.1, -0.05) is 35.6 Å². The van der Waals surface area contributed by atoms with Crippen LogP contribution in [0.25, 0.3) is 6.08 Å². The third-order valence-corrected chi connectivity index (χ3v) is 8.77. The van der Waals surface area contributed by atoms with Crippen molar-refractivity contribution in [3.63, 3.8) is 0 Å². The molecule has 0 saturated heterocycles. The first-order valence-corrected chi connectivity index (χ1v) is 10.6. The minimum atomic E-state index is -0.336. The number of aromatic amines is 1. The first-order valence-electron chi connectivity index (χ1n) is 8.93. The molecule has 26 heavy (non-hydrogen) atoms. The van der Waals surface area contributed by atoms with Crippen molar-refractivity contribution < 1.29 is 4.92 Å². The number of hydrogen-bond acceptors (Lipinski definition) is 5. The predicted molar refractivity (Wildman–Crippen MR) is 104 cm³/mol. The molecule has 134 valence electrons. The molecule has 2 heterocycles. The average molecular weight is 386 g/mol. The number of benzene rings is 1. The minimum Gasteiger partial charge on any atom is -0.307 e. The van der Waals surface area contributed by atoms with Crippen LogP contribution in [0.5, 0.6) is 0 Å². The smallest absolute Gasteiger partial charge is 0.305 e. The Hall–Kier alpha value is -1.86. The molecule has 5 rings (SSSR count). The molecule has 2 fully saturated rings. The van der Waals surface area contributed by atoms with Crippen LogP contribution in [0.3, 0.4) is 0 Å². The van der Waals surface area contributed by atoms with E-state index in [1.54, 1.807) is 12.1 Å². The molecule has 1 N–H and O–H groups in total. The summed E-state index contributed by atoms with van der Waals surface area (Å²) >= 11 is 3.16. The molecule has 2 aromatic rings. The predicted octanol–water partition coefficient (Wildman–Crippen LogP) is 4.66. The van der Waals surface area contributed by atoms with E-state index in [1.807, 2.05) is 23.9 Å². The molecule has 5 atom stereocenters. The van der Waals surface area contributed by atoms with Gasteiger partial charge in [-0.2, -0.15) is 0 Å². The molecule has 0 radical (unpaired) electrons. The molecule has 7 heteroatoms. The van der Waals surface area contributed by atoms with E-state index in [2.05, 4.69) is 11.1 Å². The Labute approximate surface area is 158 Å². The minimum absolute atomic E-state index is 0.00101. The van der Waals surface area contributed by atoms with E-state index in [1.165, 1.54) is 36.7 Å². The first-order chi connectivity index (χ1) is 12.6. The zero-order valence-electron chi connectivity index (χ0n) is 14.0. The molecule has 0 amide bonds. The molecule has 0 unspecified atom stereocenters. The van der Waals surface area contributed by atoms with Gasteiger partial charge in [-0.25, -0.2) is 0 Å². The summed E-state index contributed by atoms with van der Waals surface area (Å²) in [6.45, 7) is 0. The number of nitrogens with one attached hydrogen (secondary N) is 1. The Morgan fingerprint density at radius 3 is 2.88 bits per heavy atom. The van der Waals surface area contributed by atoms with Crippen LogP contribution >= 0.6 is 23.1 Å². The highest BCUT2D eigenvalue weighted by Crippen LogP contribution is 2.62. The second kappa shape index (κ2) is 6.09. The van der Waals surface area contributed by atoms with Crippen LogP contribution in [-0.4, -0.2) is 15.2 Å². The van der Waals surface area contributed by atoms with Crippen molar-refractivity contribution in [2.45, 2.75) is 35.5 Å². The highest BCUT2D eigenvalue weighted by Gasteiger charge is 2.53. The quantitative estimate of drug-likeness (QED) is 0.615. The Kier molecular flexibility index (Phi) is 3.83. The SMILES string of the molecule is O=c1[nH]c2c(s1)[C@@H](/C=C\c1ccccc1[N+](=O)[O-])[C@@H]1[C@H]3CC[C@@H](C3)[C@H]1S2. The molecule has 1 aromatic heterocycles. The lowest BCUT2D eigenvalue weighted by Crippen LogP contribution is -2.32. The highest BCUT2D eigenvalue weighted by atomic mass is 32.2. The van der Waals surface area contributed by atoms with Gasteiger partial charge in [0.2, 0.25) is 0 Å². The molecule has 1 aliphatic heterocycles. The first kappa shape index (κ1) is 16.3. The van der Waals surface area contributed by atoms with Gasteiger partial charge >= 0.3 is 4.87 Å². The van der Waals surface area contributed by atoms with Crippen molar-refractivity contribution >= 4 is 34.9 Å². The van der Waals surface area contributed by atoms with Crippen molar-refractivity contribution in [3.05, 3.63) is 60.6 Å². The molecule has 2 bridgehead atoms. The van der Waals surface area contributed by atoms with Crippen molar-refractivity contribution in [2.75, 3.05) is 0 Å². The van der Waals surface area contributed by atoms with Gasteiger partial charge in [0.25, 0.3) is 5.69 Å². The molecule has 3 aliphatic rings. The maximum absolute atomic E-state index is 12.0. The van der Waals surface area contributed by atoms with Crippen molar-refractivity contribution in [1.82, 2.24) is 4.98 Å². The van der Waals surface area contributed by atoms with E-state index in [4.69, 9.17) is 0 Å². The number of allylic oxidation sites excluding steroid dienone is 1. The second-order valence-electron chi connectivity index (χ2n) is 7.40. The maximum Gasteiger partial charge on any atom is 0.305 e. The van der Waals surface area contributed by atoms with Gasteiger partial charge in [-0.3, -0.25) is 14.9 Å². The number of hydrogen-bond donors (Lipinski definition) is 1. The Morgan fingerprint density at radius 2 is 2.04 bits per heavy atom. The van der Waals surface area contributed by atoms with E-state index in [9.17, 15) is 14.9 Å². The van der Waals surface area contributed by atoms with Gasteiger partial charge < -0.3 is 4.98 Å². The highest BCUT2D eigenvalue weighted by molar-refractivity contribution is 8.00. The van der Waals surface area contributed by atoms with Crippen molar-refractivity contribution in [1.29, 1.82) is 0 Å². The number of thioether (sulfide) groups is 1. The Morgan fingerprint density at radius 1 is 1.23 bits per heavy atom. The second-order valence-corrected chi connectivity index (χ2v) is 9.60. The van der Waals surface area contributed by atoms with Crippen molar-refractivity contribution in [3.8, 4) is 0 Å². The van der Waals surface area contributed by atoms with E-state index in [0.717, 1.165) is 15.8 Å². The van der Waals surface area contributed by atoms with Crippen LogP contribution in [0, 0.1) is 27.9 Å². The lowest BCUT2D eigenvalue weighted by Gasteiger charge is -2.38. The molecule has 2 saturated carbocycles. The lowest BCUT2D eigenvalue weighted by atomic mass is 9.77.